The Morgan fingerprint density at radius 3 is 3.05 bits per heavy atom. The molecule has 2 aromatic rings. The molecule has 1 unspecified atom stereocenters. The van der Waals surface area contributed by atoms with E-state index in [9.17, 15) is 4.79 Å². The number of amides is 1. The topological polar surface area (TPSA) is 83.8 Å². The van der Waals surface area contributed by atoms with E-state index >= 15 is 0 Å². The quantitative estimate of drug-likeness (QED) is 0.802. The summed E-state index contributed by atoms with van der Waals surface area (Å²) in [6.45, 7) is 1.95. The molecule has 1 atom stereocenters. The number of aromatic amines is 1. The highest BCUT2D eigenvalue weighted by atomic mass is 32.1. The van der Waals surface area contributed by atoms with Crippen LogP contribution in [0.2, 0.25) is 0 Å². The molecule has 0 aromatic carbocycles. The molecule has 0 spiro atoms. The van der Waals surface area contributed by atoms with Crippen LogP contribution in [0.5, 0.6) is 0 Å². The number of hydrogen-bond acceptors (Lipinski definition) is 4. The molecule has 1 aliphatic carbocycles. The highest BCUT2D eigenvalue weighted by Crippen LogP contribution is 2.42. The molecule has 1 saturated carbocycles. The van der Waals surface area contributed by atoms with Gasteiger partial charge in [0, 0.05) is 10.8 Å². The molecule has 6 heteroatoms. The van der Waals surface area contributed by atoms with Gasteiger partial charge in [-0.05, 0) is 31.2 Å². The van der Waals surface area contributed by atoms with Crippen molar-refractivity contribution in [2.75, 3.05) is 5.73 Å². The summed E-state index contributed by atoms with van der Waals surface area (Å²) in [5, 5.41) is 11.9. The largest absolute Gasteiger partial charge is 0.395 e. The summed E-state index contributed by atoms with van der Waals surface area (Å²) in [5.74, 6) is 0.241. The molecule has 0 radical (unpaired) electrons. The molecule has 2 aromatic heterocycles. The molecule has 0 bridgehead atoms. The molecule has 1 fully saturated rings. The first-order chi connectivity index (χ1) is 9.16. The van der Waals surface area contributed by atoms with E-state index in [1.165, 1.54) is 0 Å². The first-order valence-electron chi connectivity index (χ1n) is 6.35. The number of nitrogens with zero attached hydrogens (tertiary/aromatic N) is 1. The van der Waals surface area contributed by atoms with Crippen LogP contribution in [0.15, 0.2) is 17.5 Å². The number of hydrogen-bond donors (Lipinski definition) is 3. The fraction of sp³-hybridized carbons (Fsp3) is 0.385. The molecule has 4 N–H and O–H groups in total. The number of nitrogen functional groups attached to an aromatic ring is 1. The second kappa shape index (κ2) is 4.70. The van der Waals surface area contributed by atoms with Crippen LogP contribution in [0.3, 0.4) is 0 Å². The lowest BCUT2D eigenvalue weighted by atomic mass is 10.2. The molecule has 1 amide bonds. The van der Waals surface area contributed by atoms with Crippen LogP contribution in [0.4, 0.5) is 5.69 Å². The van der Waals surface area contributed by atoms with Gasteiger partial charge in [0.2, 0.25) is 0 Å². The van der Waals surface area contributed by atoms with Gasteiger partial charge in [-0.3, -0.25) is 9.89 Å². The zero-order valence-electron chi connectivity index (χ0n) is 10.6. The van der Waals surface area contributed by atoms with Gasteiger partial charge in [0.1, 0.15) is 0 Å². The van der Waals surface area contributed by atoms with Gasteiger partial charge in [0.15, 0.2) is 5.69 Å². The third-order valence-corrected chi connectivity index (χ3v) is 4.41. The molecule has 1 aliphatic rings. The van der Waals surface area contributed by atoms with Crippen LogP contribution in [-0.4, -0.2) is 16.1 Å². The van der Waals surface area contributed by atoms with Crippen molar-refractivity contribution in [2.45, 2.75) is 31.7 Å². The second-order valence-electron chi connectivity index (χ2n) is 4.88. The summed E-state index contributed by atoms with van der Waals surface area (Å²) in [6.07, 6.45) is 2.25. The van der Waals surface area contributed by atoms with Gasteiger partial charge >= 0.3 is 0 Å². The molecule has 19 heavy (non-hydrogen) atoms. The van der Waals surface area contributed by atoms with Gasteiger partial charge in [-0.15, -0.1) is 11.3 Å². The number of thiophene rings is 1. The van der Waals surface area contributed by atoms with Crippen molar-refractivity contribution < 1.29 is 4.79 Å². The van der Waals surface area contributed by atoms with Crippen molar-refractivity contribution in [3.8, 4) is 0 Å². The average molecular weight is 276 g/mol. The number of carbonyl (C=O) groups is 1. The van der Waals surface area contributed by atoms with Crippen molar-refractivity contribution >= 4 is 22.9 Å². The number of anilines is 1. The van der Waals surface area contributed by atoms with Crippen LogP contribution in [0, 0.1) is 0 Å². The van der Waals surface area contributed by atoms with Crippen molar-refractivity contribution in [1.29, 1.82) is 0 Å². The van der Waals surface area contributed by atoms with E-state index in [1.54, 1.807) is 11.3 Å². The minimum absolute atomic E-state index is 0.0343. The summed E-state index contributed by atoms with van der Waals surface area (Å²) in [6, 6.07) is 3.93. The normalized spacial score (nSPS) is 16.3. The highest BCUT2D eigenvalue weighted by Gasteiger charge is 2.30. The predicted octanol–water partition coefficient (Wildman–Crippen LogP) is 2.42. The minimum Gasteiger partial charge on any atom is -0.395 e. The summed E-state index contributed by atoms with van der Waals surface area (Å²) in [4.78, 5) is 13.3. The smallest absolute Gasteiger partial charge is 0.274 e. The first-order valence-corrected chi connectivity index (χ1v) is 7.22. The lowest BCUT2D eigenvalue weighted by molar-refractivity contribution is 0.0936. The molecule has 2 heterocycles. The van der Waals surface area contributed by atoms with Crippen molar-refractivity contribution in [1.82, 2.24) is 15.5 Å². The van der Waals surface area contributed by atoms with Crippen LogP contribution < -0.4 is 11.1 Å². The Hall–Kier alpha value is -1.82. The standard InChI is InChI=1S/C13H16N4OS/c1-7(9-3-2-6-19-9)15-13(18)12-10(14)11(16-17-12)8-4-5-8/h2-3,6-8H,4-5,14H2,1H3,(H,15,18)(H,16,17). The number of nitrogens with two attached hydrogens (primary N) is 1. The maximum absolute atomic E-state index is 12.2. The van der Waals surface area contributed by atoms with Crippen molar-refractivity contribution in [2.24, 2.45) is 0 Å². The van der Waals surface area contributed by atoms with Gasteiger partial charge in [0.25, 0.3) is 5.91 Å². The van der Waals surface area contributed by atoms with E-state index in [-0.39, 0.29) is 11.9 Å². The van der Waals surface area contributed by atoms with E-state index in [1.807, 2.05) is 24.4 Å². The lowest BCUT2D eigenvalue weighted by Crippen LogP contribution is -2.27. The zero-order chi connectivity index (χ0) is 13.4. The summed E-state index contributed by atoms with van der Waals surface area (Å²) in [7, 11) is 0. The monoisotopic (exact) mass is 276 g/mol. The van der Waals surface area contributed by atoms with E-state index in [2.05, 4.69) is 15.5 Å². The maximum Gasteiger partial charge on any atom is 0.274 e. The Labute approximate surface area is 115 Å². The Kier molecular flexibility index (Phi) is 3.02. The van der Waals surface area contributed by atoms with Crippen LogP contribution in [-0.2, 0) is 0 Å². The summed E-state index contributed by atoms with van der Waals surface area (Å²) in [5.41, 5.74) is 7.71. The fourth-order valence-electron chi connectivity index (χ4n) is 2.09. The molecular formula is C13H16N4OS. The number of nitrogens with one attached hydrogen (secondary N) is 2. The van der Waals surface area contributed by atoms with Gasteiger partial charge in [0.05, 0.1) is 17.4 Å². The van der Waals surface area contributed by atoms with Gasteiger partial charge in [-0.25, -0.2) is 0 Å². The molecule has 0 aliphatic heterocycles. The summed E-state index contributed by atoms with van der Waals surface area (Å²) >= 11 is 1.62. The van der Waals surface area contributed by atoms with Crippen molar-refractivity contribution in [3.05, 3.63) is 33.8 Å². The van der Waals surface area contributed by atoms with Gasteiger partial charge < -0.3 is 11.1 Å². The summed E-state index contributed by atoms with van der Waals surface area (Å²) < 4.78 is 0. The average Bonchev–Trinajstić information content (AvgIpc) is 2.92. The van der Waals surface area contributed by atoms with E-state index in [0.717, 1.165) is 23.4 Å². The molecule has 5 nitrogen and oxygen atoms in total. The SMILES string of the molecule is CC(NC(=O)c1n[nH]c(C2CC2)c1N)c1cccs1. The number of rotatable bonds is 4. The number of aromatic nitrogens is 2. The third kappa shape index (κ3) is 2.35. The fourth-order valence-corrected chi connectivity index (χ4v) is 2.83. The molecule has 3 rings (SSSR count). The van der Waals surface area contributed by atoms with Crippen molar-refractivity contribution in [3.63, 3.8) is 0 Å². The van der Waals surface area contributed by atoms with E-state index in [0.29, 0.717) is 17.3 Å². The molecule has 100 valence electrons. The number of H-pyrrole nitrogens is 1. The van der Waals surface area contributed by atoms with E-state index < -0.39 is 0 Å². The zero-order valence-corrected chi connectivity index (χ0v) is 11.5. The lowest BCUT2D eigenvalue weighted by Gasteiger charge is -2.11. The predicted molar refractivity (Wildman–Crippen MR) is 75.2 cm³/mol. The minimum atomic E-state index is -0.221. The molecule has 0 saturated heterocycles. The number of carbonyl (C=O) groups excluding carboxylic acids is 1. The highest BCUT2D eigenvalue weighted by molar-refractivity contribution is 7.10. The Morgan fingerprint density at radius 2 is 2.42 bits per heavy atom. The van der Waals surface area contributed by atoms with Crippen LogP contribution >= 0.6 is 11.3 Å². The second-order valence-corrected chi connectivity index (χ2v) is 5.86. The van der Waals surface area contributed by atoms with Crippen LogP contribution in [0.25, 0.3) is 0 Å². The Balaban J connectivity index is 1.73. The van der Waals surface area contributed by atoms with Gasteiger partial charge in [-0.2, -0.15) is 5.10 Å². The Morgan fingerprint density at radius 1 is 1.63 bits per heavy atom. The first kappa shape index (κ1) is 12.2. The molecular weight excluding hydrogens is 260 g/mol. The Bertz CT molecular complexity index is 586. The van der Waals surface area contributed by atoms with E-state index in [4.69, 9.17) is 5.73 Å². The maximum atomic E-state index is 12.2. The third-order valence-electron chi connectivity index (χ3n) is 3.35. The van der Waals surface area contributed by atoms with Gasteiger partial charge in [-0.1, -0.05) is 6.07 Å². The van der Waals surface area contributed by atoms with Crippen LogP contribution in [0.1, 0.15) is 52.8 Å².